The monoisotopic (exact) mass is 512 g/mol. The molecule has 36 heavy (non-hydrogen) atoms. The summed E-state index contributed by atoms with van der Waals surface area (Å²) >= 11 is 1.46. The number of piperidine rings is 1. The maximum absolute atomic E-state index is 13.7. The van der Waals surface area contributed by atoms with Gasteiger partial charge in [0.05, 0.1) is 4.88 Å². The highest BCUT2D eigenvalue weighted by Crippen LogP contribution is 2.34. The summed E-state index contributed by atoms with van der Waals surface area (Å²) in [5.41, 5.74) is 2.76. The van der Waals surface area contributed by atoms with Crippen molar-refractivity contribution >= 4 is 33.2 Å². The van der Waals surface area contributed by atoms with Gasteiger partial charge in [-0.1, -0.05) is 6.07 Å². The molecule has 9 heteroatoms. The number of amides is 2. The lowest BCUT2D eigenvalue weighted by molar-refractivity contribution is -0.120. The summed E-state index contributed by atoms with van der Waals surface area (Å²) in [5.74, 6) is -0.192. The number of aryl methyl sites for hydroxylation is 2. The van der Waals surface area contributed by atoms with E-state index >= 15 is 0 Å². The zero-order valence-electron chi connectivity index (χ0n) is 21.1. The first kappa shape index (κ1) is 26.0. The molecule has 1 N–H and O–H groups in total. The number of likely N-dealkylation sites (tertiary alicyclic amines) is 1. The van der Waals surface area contributed by atoms with Gasteiger partial charge in [0.25, 0.3) is 5.91 Å². The molecule has 4 rings (SSSR count). The molecule has 3 aromatic rings. The Bertz CT molecular complexity index is 1310. The van der Waals surface area contributed by atoms with Crippen LogP contribution in [0.25, 0.3) is 21.2 Å². The van der Waals surface area contributed by atoms with Gasteiger partial charge in [-0.2, -0.15) is 0 Å². The number of fused-ring (bicyclic) bond motifs is 1. The van der Waals surface area contributed by atoms with Gasteiger partial charge in [-0.05, 0) is 60.0 Å². The van der Waals surface area contributed by atoms with E-state index in [1.165, 1.54) is 11.3 Å². The Morgan fingerprint density at radius 2 is 1.86 bits per heavy atom. The van der Waals surface area contributed by atoms with E-state index in [0.29, 0.717) is 50.4 Å². The molecule has 0 aliphatic carbocycles. The molecule has 3 heterocycles. The SMILES string of the molecule is CNC(=O)CCN(CCN1CCC(F)CC1)C(=O)c1sc2ccc(-c3ccc(=O)n(C)c3)cc2c1C. The molecule has 7 nitrogen and oxygen atoms in total. The second kappa shape index (κ2) is 11.3. The summed E-state index contributed by atoms with van der Waals surface area (Å²) in [5, 5.41) is 3.63. The van der Waals surface area contributed by atoms with Gasteiger partial charge in [-0.3, -0.25) is 14.4 Å². The average Bonchev–Trinajstić information content (AvgIpc) is 3.21. The number of nitrogens with one attached hydrogen (secondary N) is 1. The third-order valence-electron chi connectivity index (χ3n) is 6.93. The van der Waals surface area contributed by atoms with Crippen LogP contribution in [0, 0.1) is 6.92 Å². The molecule has 1 fully saturated rings. The highest BCUT2D eigenvalue weighted by Gasteiger charge is 2.24. The largest absolute Gasteiger partial charge is 0.359 e. The Hall–Kier alpha value is -3.04. The molecular weight excluding hydrogens is 479 g/mol. The summed E-state index contributed by atoms with van der Waals surface area (Å²) in [4.78, 5) is 42.0. The first-order valence-electron chi connectivity index (χ1n) is 12.3. The van der Waals surface area contributed by atoms with E-state index in [4.69, 9.17) is 0 Å². The highest BCUT2D eigenvalue weighted by atomic mass is 32.1. The van der Waals surface area contributed by atoms with E-state index in [9.17, 15) is 18.8 Å². The van der Waals surface area contributed by atoms with E-state index in [2.05, 4.69) is 16.3 Å². The first-order valence-corrected chi connectivity index (χ1v) is 13.1. The van der Waals surface area contributed by atoms with E-state index in [-0.39, 0.29) is 23.8 Å². The van der Waals surface area contributed by atoms with Crippen LogP contribution in [-0.4, -0.2) is 72.1 Å². The van der Waals surface area contributed by atoms with E-state index in [1.807, 2.05) is 31.3 Å². The zero-order chi connectivity index (χ0) is 25.8. The van der Waals surface area contributed by atoms with Crippen LogP contribution >= 0.6 is 11.3 Å². The van der Waals surface area contributed by atoms with Crippen molar-refractivity contribution in [1.29, 1.82) is 0 Å². The number of halogens is 1. The van der Waals surface area contributed by atoms with Crippen LogP contribution in [0.15, 0.2) is 41.3 Å². The molecule has 1 aliphatic heterocycles. The highest BCUT2D eigenvalue weighted by molar-refractivity contribution is 7.21. The number of carbonyl (C=O) groups excluding carboxylic acids is 2. The third kappa shape index (κ3) is 5.84. The van der Waals surface area contributed by atoms with Crippen molar-refractivity contribution < 1.29 is 14.0 Å². The molecular formula is C27H33FN4O3S. The van der Waals surface area contributed by atoms with E-state index in [1.54, 1.807) is 29.6 Å². The van der Waals surface area contributed by atoms with Crippen molar-refractivity contribution in [3.05, 3.63) is 57.3 Å². The van der Waals surface area contributed by atoms with Crippen LogP contribution < -0.4 is 10.9 Å². The van der Waals surface area contributed by atoms with Crippen molar-refractivity contribution in [2.75, 3.05) is 39.8 Å². The number of carbonyl (C=O) groups is 2. The number of aromatic nitrogens is 1. The van der Waals surface area contributed by atoms with Gasteiger partial charge in [-0.25, -0.2) is 4.39 Å². The minimum Gasteiger partial charge on any atom is -0.359 e. The van der Waals surface area contributed by atoms with Crippen molar-refractivity contribution in [2.45, 2.75) is 32.4 Å². The van der Waals surface area contributed by atoms with Crippen molar-refractivity contribution in [3.63, 3.8) is 0 Å². The fourth-order valence-corrected chi connectivity index (χ4v) is 5.73. The van der Waals surface area contributed by atoms with Gasteiger partial charge in [0.1, 0.15) is 6.17 Å². The predicted octanol–water partition coefficient (Wildman–Crippen LogP) is 3.59. The fraction of sp³-hybridized carbons (Fsp3) is 0.444. The number of pyridine rings is 1. The number of hydrogen-bond donors (Lipinski definition) is 1. The lowest BCUT2D eigenvalue weighted by atomic mass is 10.0. The molecule has 2 aromatic heterocycles. The first-order chi connectivity index (χ1) is 17.3. The third-order valence-corrected chi connectivity index (χ3v) is 8.19. The summed E-state index contributed by atoms with van der Waals surface area (Å²) in [7, 11) is 3.32. The van der Waals surface area contributed by atoms with Gasteiger partial charge in [0.2, 0.25) is 11.5 Å². The number of alkyl halides is 1. The molecule has 0 spiro atoms. The minimum atomic E-state index is -0.737. The predicted molar refractivity (Wildman–Crippen MR) is 142 cm³/mol. The second-order valence-electron chi connectivity index (χ2n) is 9.37. The molecule has 0 radical (unpaired) electrons. The van der Waals surface area contributed by atoms with Crippen molar-refractivity contribution in [1.82, 2.24) is 19.7 Å². The molecule has 1 aliphatic rings. The quantitative estimate of drug-likeness (QED) is 0.501. The van der Waals surface area contributed by atoms with Crippen LogP contribution in [0.1, 0.15) is 34.5 Å². The number of rotatable bonds is 8. The Balaban J connectivity index is 1.58. The number of benzene rings is 1. The van der Waals surface area contributed by atoms with Crippen LogP contribution in [0.3, 0.4) is 0 Å². The van der Waals surface area contributed by atoms with E-state index in [0.717, 1.165) is 26.8 Å². The zero-order valence-corrected chi connectivity index (χ0v) is 21.9. The second-order valence-corrected chi connectivity index (χ2v) is 10.4. The Morgan fingerprint density at radius 1 is 1.14 bits per heavy atom. The van der Waals surface area contributed by atoms with Crippen molar-refractivity contribution in [2.24, 2.45) is 7.05 Å². The van der Waals surface area contributed by atoms with Gasteiger partial charge in [-0.15, -0.1) is 11.3 Å². The summed E-state index contributed by atoms with van der Waals surface area (Å²) < 4.78 is 16.1. The summed E-state index contributed by atoms with van der Waals surface area (Å²) in [6.45, 7) is 4.81. The van der Waals surface area contributed by atoms with Gasteiger partial charge in [0, 0.05) is 70.2 Å². The Labute approximate surface area is 214 Å². The lowest BCUT2D eigenvalue weighted by Crippen LogP contribution is -2.43. The van der Waals surface area contributed by atoms with Gasteiger partial charge < -0.3 is 19.7 Å². The Morgan fingerprint density at radius 3 is 2.56 bits per heavy atom. The molecule has 0 saturated carbocycles. The normalized spacial score (nSPS) is 14.8. The maximum Gasteiger partial charge on any atom is 0.264 e. The smallest absolute Gasteiger partial charge is 0.264 e. The van der Waals surface area contributed by atoms with Gasteiger partial charge >= 0.3 is 0 Å². The molecule has 0 atom stereocenters. The van der Waals surface area contributed by atoms with Crippen LogP contribution in [-0.2, 0) is 11.8 Å². The molecule has 1 saturated heterocycles. The van der Waals surface area contributed by atoms with Crippen molar-refractivity contribution in [3.8, 4) is 11.1 Å². The number of thiophene rings is 1. The van der Waals surface area contributed by atoms with E-state index < -0.39 is 6.17 Å². The standard InChI is InChI=1S/C27H33FN4O3S/c1-18-22-16-19(20-5-7-25(34)30(3)17-20)4-6-23(22)36-26(18)27(35)32(13-10-24(33)29-2)15-14-31-11-8-21(28)9-12-31/h4-7,16-17,21H,8-15H2,1-3H3,(H,29,33). The molecule has 2 amide bonds. The molecule has 192 valence electrons. The number of hydrogen-bond acceptors (Lipinski definition) is 5. The maximum atomic E-state index is 13.7. The average molecular weight is 513 g/mol. The minimum absolute atomic E-state index is 0.0645. The van der Waals surface area contributed by atoms with Gasteiger partial charge in [0.15, 0.2) is 0 Å². The molecule has 1 aromatic carbocycles. The van der Waals surface area contributed by atoms with Crippen LogP contribution in [0.5, 0.6) is 0 Å². The summed E-state index contributed by atoms with van der Waals surface area (Å²) in [6, 6.07) is 9.44. The number of nitrogens with zero attached hydrogens (tertiary/aromatic N) is 3. The molecule has 0 unspecified atom stereocenters. The van der Waals surface area contributed by atoms with Crippen LogP contribution in [0.4, 0.5) is 4.39 Å². The fourth-order valence-electron chi connectivity index (χ4n) is 4.58. The van der Waals surface area contributed by atoms with Crippen LogP contribution in [0.2, 0.25) is 0 Å². The molecule has 0 bridgehead atoms. The topological polar surface area (TPSA) is 74.7 Å². The Kier molecular flexibility index (Phi) is 8.21. The summed E-state index contributed by atoms with van der Waals surface area (Å²) in [6.07, 6.45) is 2.36. The lowest BCUT2D eigenvalue weighted by Gasteiger charge is -2.31.